The zero-order valence-corrected chi connectivity index (χ0v) is 8.03. The Balaban J connectivity index is 2.14. The Kier molecular flexibility index (Phi) is 2.28. The minimum atomic E-state index is 0.0174. The van der Waals surface area contributed by atoms with Gasteiger partial charge in [-0.05, 0) is 18.8 Å². The molecular weight excluding hydrogens is 166 g/mol. The number of rotatable bonds is 1. The molecule has 0 aromatic heterocycles. The molecule has 0 spiro atoms. The van der Waals surface area contributed by atoms with Crippen LogP contribution in [-0.2, 0) is 9.53 Å². The summed E-state index contributed by atoms with van der Waals surface area (Å²) in [6, 6.07) is 0.278. The molecule has 2 fully saturated rings. The van der Waals surface area contributed by atoms with Crippen molar-refractivity contribution in [3.63, 3.8) is 0 Å². The van der Waals surface area contributed by atoms with E-state index in [9.17, 15) is 4.79 Å². The standard InChI is InChI=1S/C10H17NO2/c1-2-6-3-8(11)4-7-5-13-10(12)9(6)7/h6-9H,2-5,11H2,1H3. The fourth-order valence-corrected chi connectivity index (χ4v) is 2.81. The molecule has 74 valence electrons. The Labute approximate surface area is 78.6 Å². The van der Waals surface area contributed by atoms with Crippen LogP contribution in [0, 0.1) is 17.8 Å². The van der Waals surface area contributed by atoms with Gasteiger partial charge in [0, 0.05) is 12.0 Å². The second-order valence-corrected chi connectivity index (χ2v) is 4.32. The Hall–Kier alpha value is -0.570. The van der Waals surface area contributed by atoms with E-state index in [1.54, 1.807) is 0 Å². The van der Waals surface area contributed by atoms with Gasteiger partial charge in [-0.15, -0.1) is 0 Å². The normalized spacial score (nSPS) is 44.3. The van der Waals surface area contributed by atoms with Crippen LogP contribution in [0.2, 0.25) is 0 Å². The molecule has 1 aliphatic carbocycles. The van der Waals surface area contributed by atoms with E-state index >= 15 is 0 Å². The zero-order valence-electron chi connectivity index (χ0n) is 8.03. The quantitative estimate of drug-likeness (QED) is 0.615. The largest absolute Gasteiger partial charge is 0.465 e. The minimum Gasteiger partial charge on any atom is -0.465 e. The maximum Gasteiger partial charge on any atom is 0.309 e. The first-order valence-electron chi connectivity index (χ1n) is 5.14. The molecule has 2 aliphatic rings. The van der Waals surface area contributed by atoms with E-state index in [1.165, 1.54) is 0 Å². The monoisotopic (exact) mass is 183 g/mol. The SMILES string of the molecule is CCC1CC(N)CC2COC(=O)C12. The Morgan fingerprint density at radius 3 is 3.00 bits per heavy atom. The number of nitrogens with two attached hydrogens (primary N) is 1. The van der Waals surface area contributed by atoms with E-state index in [0.717, 1.165) is 19.3 Å². The van der Waals surface area contributed by atoms with Gasteiger partial charge in [0.15, 0.2) is 0 Å². The maximum atomic E-state index is 11.4. The van der Waals surface area contributed by atoms with Crippen LogP contribution >= 0.6 is 0 Å². The molecule has 0 aromatic carbocycles. The van der Waals surface area contributed by atoms with E-state index in [2.05, 4.69) is 6.92 Å². The predicted molar refractivity (Wildman–Crippen MR) is 48.9 cm³/mol. The van der Waals surface area contributed by atoms with E-state index in [1.807, 2.05) is 0 Å². The number of carbonyl (C=O) groups is 1. The molecule has 0 aromatic rings. The fraction of sp³-hybridized carbons (Fsp3) is 0.900. The lowest BCUT2D eigenvalue weighted by Gasteiger charge is -2.33. The van der Waals surface area contributed by atoms with Crippen LogP contribution < -0.4 is 5.73 Å². The molecule has 4 atom stereocenters. The summed E-state index contributed by atoms with van der Waals surface area (Å²) in [5.74, 6) is 1.04. The van der Waals surface area contributed by atoms with Crippen LogP contribution in [0.15, 0.2) is 0 Å². The molecule has 0 amide bonds. The van der Waals surface area contributed by atoms with E-state index in [0.29, 0.717) is 18.4 Å². The van der Waals surface area contributed by atoms with Crippen molar-refractivity contribution in [2.45, 2.75) is 32.2 Å². The highest BCUT2D eigenvalue weighted by Gasteiger charge is 2.45. The van der Waals surface area contributed by atoms with Crippen LogP contribution in [-0.4, -0.2) is 18.6 Å². The zero-order chi connectivity index (χ0) is 9.42. The molecule has 0 radical (unpaired) electrons. The molecule has 3 nitrogen and oxygen atoms in total. The molecule has 0 bridgehead atoms. The lowest BCUT2D eigenvalue weighted by atomic mass is 9.71. The van der Waals surface area contributed by atoms with Crippen molar-refractivity contribution in [1.82, 2.24) is 0 Å². The number of hydrogen-bond donors (Lipinski definition) is 1. The van der Waals surface area contributed by atoms with Gasteiger partial charge in [0.1, 0.15) is 0 Å². The van der Waals surface area contributed by atoms with Crippen molar-refractivity contribution in [3.8, 4) is 0 Å². The number of ether oxygens (including phenoxy) is 1. The first-order valence-corrected chi connectivity index (χ1v) is 5.14. The van der Waals surface area contributed by atoms with Crippen molar-refractivity contribution in [2.24, 2.45) is 23.5 Å². The van der Waals surface area contributed by atoms with Crippen molar-refractivity contribution >= 4 is 5.97 Å². The van der Waals surface area contributed by atoms with Gasteiger partial charge < -0.3 is 10.5 Å². The number of fused-ring (bicyclic) bond motifs is 1. The van der Waals surface area contributed by atoms with Crippen molar-refractivity contribution in [2.75, 3.05) is 6.61 Å². The summed E-state index contributed by atoms with van der Waals surface area (Å²) in [7, 11) is 0. The fourth-order valence-electron chi connectivity index (χ4n) is 2.81. The second kappa shape index (κ2) is 3.29. The van der Waals surface area contributed by atoms with Crippen LogP contribution in [0.3, 0.4) is 0 Å². The predicted octanol–water partition coefficient (Wildman–Crippen LogP) is 0.923. The molecule has 1 saturated carbocycles. The van der Waals surface area contributed by atoms with Gasteiger partial charge in [-0.3, -0.25) is 4.79 Å². The number of esters is 1. The molecule has 4 unspecified atom stereocenters. The smallest absolute Gasteiger partial charge is 0.309 e. The van der Waals surface area contributed by atoms with Gasteiger partial charge >= 0.3 is 5.97 Å². The second-order valence-electron chi connectivity index (χ2n) is 4.32. The highest BCUT2D eigenvalue weighted by molar-refractivity contribution is 5.75. The summed E-state index contributed by atoms with van der Waals surface area (Å²) in [6.07, 6.45) is 3.00. The van der Waals surface area contributed by atoms with Gasteiger partial charge in [0.2, 0.25) is 0 Å². The third-order valence-electron chi connectivity index (χ3n) is 3.46. The van der Waals surface area contributed by atoms with Crippen molar-refractivity contribution in [3.05, 3.63) is 0 Å². The third kappa shape index (κ3) is 1.46. The summed E-state index contributed by atoms with van der Waals surface area (Å²) in [5, 5.41) is 0. The molecule has 1 aliphatic heterocycles. The van der Waals surface area contributed by atoms with Gasteiger partial charge in [0.05, 0.1) is 12.5 Å². The summed E-state index contributed by atoms with van der Waals surface area (Å²) in [6.45, 7) is 2.74. The average molecular weight is 183 g/mol. The van der Waals surface area contributed by atoms with Gasteiger partial charge in [-0.25, -0.2) is 0 Å². The van der Waals surface area contributed by atoms with Crippen molar-refractivity contribution < 1.29 is 9.53 Å². The number of carbonyl (C=O) groups excluding carboxylic acids is 1. The Bertz CT molecular complexity index is 217. The molecular formula is C10H17NO2. The highest BCUT2D eigenvalue weighted by atomic mass is 16.5. The van der Waals surface area contributed by atoms with Crippen LogP contribution in [0.25, 0.3) is 0 Å². The highest BCUT2D eigenvalue weighted by Crippen LogP contribution is 2.40. The molecule has 3 heteroatoms. The number of cyclic esters (lactones) is 1. The maximum absolute atomic E-state index is 11.4. The lowest BCUT2D eigenvalue weighted by molar-refractivity contribution is -0.143. The number of hydrogen-bond acceptors (Lipinski definition) is 3. The summed E-state index contributed by atoms with van der Waals surface area (Å²) >= 11 is 0. The van der Waals surface area contributed by atoms with E-state index in [4.69, 9.17) is 10.5 Å². The molecule has 13 heavy (non-hydrogen) atoms. The lowest BCUT2D eigenvalue weighted by Crippen LogP contribution is -2.39. The third-order valence-corrected chi connectivity index (χ3v) is 3.46. The van der Waals surface area contributed by atoms with Crippen LogP contribution in [0.5, 0.6) is 0 Å². The van der Waals surface area contributed by atoms with Crippen LogP contribution in [0.4, 0.5) is 0 Å². The summed E-state index contributed by atoms with van der Waals surface area (Å²) in [4.78, 5) is 11.4. The Morgan fingerprint density at radius 1 is 1.54 bits per heavy atom. The minimum absolute atomic E-state index is 0.0174. The van der Waals surface area contributed by atoms with E-state index < -0.39 is 0 Å². The van der Waals surface area contributed by atoms with Gasteiger partial charge in [0.25, 0.3) is 0 Å². The first kappa shape index (κ1) is 9.00. The van der Waals surface area contributed by atoms with Gasteiger partial charge in [-0.1, -0.05) is 13.3 Å². The molecule has 1 heterocycles. The van der Waals surface area contributed by atoms with Gasteiger partial charge in [-0.2, -0.15) is 0 Å². The Morgan fingerprint density at radius 2 is 2.31 bits per heavy atom. The molecule has 1 saturated heterocycles. The van der Waals surface area contributed by atoms with E-state index in [-0.39, 0.29) is 17.9 Å². The van der Waals surface area contributed by atoms with Crippen molar-refractivity contribution in [1.29, 1.82) is 0 Å². The molecule has 2 N–H and O–H groups in total. The average Bonchev–Trinajstić information content (AvgIpc) is 2.46. The molecule has 2 rings (SSSR count). The summed E-state index contributed by atoms with van der Waals surface area (Å²) in [5.41, 5.74) is 5.94. The summed E-state index contributed by atoms with van der Waals surface area (Å²) < 4.78 is 5.09. The first-order chi connectivity index (χ1) is 6.22. The van der Waals surface area contributed by atoms with Crippen LogP contribution in [0.1, 0.15) is 26.2 Å². The topological polar surface area (TPSA) is 52.3 Å².